The number of anilines is 3. The Morgan fingerprint density at radius 1 is 0.275 bits per heavy atom. The molecule has 0 amide bonds. The normalized spacial score (nSPS) is 12.8. The van der Waals surface area contributed by atoms with Crippen LogP contribution in [-0.2, 0) is 5.41 Å². The van der Waals surface area contributed by atoms with E-state index in [2.05, 4.69) is 266 Å². The highest BCUT2D eigenvalue weighted by Crippen LogP contribution is 2.63. The zero-order chi connectivity index (χ0) is 45.5. The molecule has 0 aliphatic heterocycles. The third-order valence-corrected chi connectivity index (χ3v) is 15.9. The fraction of sp³-hybridized carbons (Fsp3) is 0.0149. The Balaban J connectivity index is 1.03. The zero-order valence-electron chi connectivity index (χ0n) is 37.7. The maximum absolute atomic E-state index is 2.52. The molecule has 0 saturated carbocycles. The molecule has 14 rings (SSSR count). The number of thiophene rings is 1. The van der Waals surface area contributed by atoms with Crippen molar-refractivity contribution in [3.63, 3.8) is 0 Å². The van der Waals surface area contributed by atoms with Crippen molar-refractivity contribution >= 4 is 48.6 Å². The Hall–Kier alpha value is -8.56. The molecule has 0 radical (unpaired) electrons. The number of nitrogens with zero attached hydrogens (tertiary/aromatic N) is 1. The average molecular weight is 894 g/mol. The van der Waals surface area contributed by atoms with E-state index >= 15 is 0 Å². The molecule has 1 aromatic heterocycles. The van der Waals surface area contributed by atoms with Crippen molar-refractivity contribution in [2.45, 2.75) is 5.41 Å². The molecule has 2 aliphatic carbocycles. The van der Waals surface area contributed by atoms with E-state index in [1.165, 1.54) is 109 Å². The first-order chi connectivity index (χ1) is 34.2. The van der Waals surface area contributed by atoms with Gasteiger partial charge < -0.3 is 4.90 Å². The molecule has 0 bridgehead atoms. The quantitative estimate of drug-likeness (QED) is 0.154. The van der Waals surface area contributed by atoms with Crippen LogP contribution in [0.5, 0.6) is 0 Å². The van der Waals surface area contributed by atoms with Crippen molar-refractivity contribution in [2.24, 2.45) is 0 Å². The van der Waals surface area contributed by atoms with Crippen molar-refractivity contribution in [1.82, 2.24) is 0 Å². The second kappa shape index (κ2) is 15.8. The molecule has 0 unspecified atom stereocenters. The largest absolute Gasteiger partial charge is 0.310 e. The highest BCUT2D eigenvalue weighted by Gasteiger charge is 2.51. The average Bonchev–Trinajstić information content (AvgIpc) is 4.05. The minimum absolute atomic E-state index is 0.482. The van der Waals surface area contributed by atoms with Crippen LogP contribution in [0.4, 0.5) is 17.1 Å². The van der Waals surface area contributed by atoms with E-state index in [1.54, 1.807) is 0 Å². The van der Waals surface area contributed by atoms with Gasteiger partial charge in [0.1, 0.15) is 0 Å². The van der Waals surface area contributed by atoms with Crippen molar-refractivity contribution in [3.05, 3.63) is 283 Å². The molecule has 1 nitrogen and oxygen atoms in total. The zero-order valence-corrected chi connectivity index (χ0v) is 38.5. The Kier molecular flexibility index (Phi) is 9.05. The summed E-state index contributed by atoms with van der Waals surface area (Å²) in [6.45, 7) is 0. The molecule has 2 aliphatic rings. The lowest BCUT2D eigenvalue weighted by Gasteiger charge is -2.33. The summed E-state index contributed by atoms with van der Waals surface area (Å²) in [6, 6.07) is 97.0. The second-order valence-electron chi connectivity index (χ2n) is 18.3. The molecule has 0 fully saturated rings. The van der Waals surface area contributed by atoms with E-state index in [4.69, 9.17) is 0 Å². The summed E-state index contributed by atoms with van der Waals surface area (Å²) in [7, 11) is 0. The van der Waals surface area contributed by atoms with Gasteiger partial charge in [0.25, 0.3) is 0 Å². The molecule has 2 heteroatoms. The number of hydrogen-bond acceptors (Lipinski definition) is 2. The lowest BCUT2D eigenvalue weighted by Crippen LogP contribution is -2.26. The van der Waals surface area contributed by atoms with Crippen molar-refractivity contribution in [3.8, 4) is 66.8 Å². The molecule has 1 heterocycles. The van der Waals surface area contributed by atoms with Gasteiger partial charge in [-0.25, -0.2) is 0 Å². The smallest absolute Gasteiger partial charge is 0.0726 e. The predicted molar refractivity (Wildman–Crippen MR) is 292 cm³/mol. The van der Waals surface area contributed by atoms with E-state index in [0.717, 1.165) is 17.1 Å². The van der Waals surface area contributed by atoms with Gasteiger partial charge in [0.15, 0.2) is 0 Å². The number of rotatable bonds is 7. The third kappa shape index (κ3) is 6.02. The standard InChI is InChI=1S/C67H43NS/c1-3-18-45(19-4-1)50-22-7-8-27-57(50)66-51(46-20-5-2-6-21-46)28-17-32-63(66)68(48-37-34-44(35-38-48)47-36-41-65-58(42-47)56-26-12-16-33-64(56)69-65)49-39-40-55-54-25-11-15-31-61(54)67(62(55)43-49)59-29-13-9-23-52(59)53-24-10-14-30-60(53)67/h1-43H. The van der Waals surface area contributed by atoms with Crippen LogP contribution in [-0.4, -0.2) is 0 Å². The maximum Gasteiger partial charge on any atom is 0.0726 e. The van der Waals surface area contributed by atoms with Crippen molar-refractivity contribution < 1.29 is 0 Å². The van der Waals surface area contributed by atoms with Gasteiger partial charge in [0, 0.05) is 37.1 Å². The summed E-state index contributed by atoms with van der Waals surface area (Å²) in [4.78, 5) is 2.52. The predicted octanol–water partition coefficient (Wildman–Crippen LogP) is 18.5. The molecule has 0 atom stereocenters. The van der Waals surface area contributed by atoms with E-state index in [0.29, 0.717) is 0 Å². The molecule has 0 saturated heterocycles. The van der Waals surface area contributed by atoms with E-state index < -0.39 is 5.41 Å². The SMILES string of the molecule is c1ccc(-c2ccccc2-c2c(-c3ccccc3)cccc2N(c2ccc(-c3ccc4sc5ccccc5c4c3)cc2)c2ccc3c(c2)C2(c4ccccc4-c4ccccc42)c2ccccc2-3)cc1. The van der Waals surface area contributed by atoms with Crippen LogP contribution in [0.15, 0.2) is 261 Å². The van der Waals surface area contributed by atoms with Crippen LogP contribution >= 0.6 is 11.3 Å². The minimum atomic E-state index is -0.482. The first-order valence-corrected chi connectivity index (χ1v) is 24.6. The number of hydrogen-bond donors (Lipinski definition) is 0. The van der Waals surface area contributed by atoms with Crippen LogP contribution < -0.4 is 4.90 Å². The van der Waals surface area contributed by atoms with E-state index in [1.807, 2.05) is 11.3 Å². The van der Waals surface area contributed by atoms with Gasteiger partial charge in [-0.2, -0.15) is 0 Å². The monoisotopic (exact) mass is 893 g/mol. The summed E-state index contributed by atoms with van der Waals surface area (Å²) in [6.07, 6.45) is 0. The van der Waals surface area contributed by atoms with E-state index in [9.17, 15) is 0 Å². The van der Waals surface area contributed by atoms with Crippen LogP contribution in [0.25, 0.3) is 86.9 Å². The molecule has 1 spiro atoms. The molecular weight excluding hydrogens is 851 g/mol. The fourth-order valence-corrected chi connectivity index (χ4v) is 12.9. The van der Waals surface area contributed by atoms with Crippen LogP contribution in [0.3, 0.4) is 0 Å². The van der Waals surface area contributed by atoms with Crippen molar-refractivity contribution in [2.75, 3.05) is 4.90 Å². The topological polar surface area (TPSA) is 3.24 Å². The molecule has 11 aromatic carbocycles. The first-order valence-electron chi connectivity index (χ1n) is 23.8. The van der Waals surface area contributed by atoms with Gasteiger partial charge in [-0.15, -0.1) is 11.3 Å². The molecular formula is C67H43NS. The lowest BCUT2D eigenvalue weighted by molar-refractivity contribution is 0.793. The number of benzene rings is 11. The summed E-state index contributed by atoms with van der Waals surface area (Å²) in [5.41, 5.74) is 22.8. The maximum atomic E-state index is 2.52. The first kappa shape index (κ1) is 39.6. The highest BCUT2D eigenvalue weighted by atomic mass is 32.1. The van der Waals surface area contributed by atoms with Crippen LogP contribution in [0, 0.1) is 0 Å². The Labute approximate surface area is 406 Å². The van der Waals surface area contributed by atoms with Gasteiger partial charge in [-0.05, 0) is 132 Å². The third-order valence-electron chi connectivity index (χ3n) is 14.7. The van der Waals surface area contributed by atoms with E-state index in [-0.39, 0.29) is 0 Å². The summed E-state index contributed by atoms with van der Waals surface area (Å²) in [5.74, 6) is 0. The van der Waals surface area contributed by atoms with Crippen molar-refractivity contribution in [1.29, 1.82) is 0 Å². The minimum Gasteiger partial charge on any atom is -0.310 e. The Morgan fingerprint density at radius 2 is 0.768 bits per heavy atom. The second-order valence-corrected chi connectivity index (χ2v) is 19.4. The lowest BCUT2D eigenvalue weighted by atomic mass is 9.70. The van der Waals surface area contributed by atoms with Gasteiger partial charge in [0.05, 0.1) is 11.1 Å². The van der Waals surface area contributed by atoms with Gasteiger partial charge in [-0.3, -0.25) is 0 Å². The van der Waals surface area contributed by atoms with Gasteiger partial charge in [-0.1, -0.05) is 212 Å². The summed E-state index contributed by atoms with van der Waals surface area (Å²) in [5, 5.41) is 2.62. The van der Waals surface area contributed by atoms with Crippen LogP contribution in [0.1, 0.15) is 22.3 Å². The Morgan fingerprint density at radius 3 is 1.43 bits per heavy atom. The fourth-order valence-electron chi connectivity index (χ4n) is 11.8. The highest BCUT2D eigenvalue weighted by molar-refractivity contribution is 7.25. The number of fused-ring (bicyclic) bond motifs is 13. The summed E-state index contributed by atoms with van der Waals surface area (Å²) < 4.78 is 2.63. The molecule has 322 valence electrons. The Bertz CT molecular complexity index is 3890. The molecule has 12 aromatic rings. The van der Waals surface area contributed by atoms with Crippen LogP contribution in [0.2, 0.25) is 0 Å². The van der Waals surface area contributed by atoms with Gasteiger partial charge >= 0.3 is 0 Å². The summed E-state index contributed by atoms with van der Waals surface area (Å²) >= 11 is 1.86. The molecule has 0 N–H and O–H groups in total. The molecule has 69 heavy (non-hydrogen) atoms. The van der Waals surface area contributed by atoms with Gasteiger partial charge in [0.2, 0.25) is 0 Å².